The van der Waals surface area contributed by atoms with Crippen LogP contribution in [0.5, 0.6) is 0 Å². The van der Waals surface area contributed by atoms with E-state index in [1.807, 2.05) is 0 Å². The highest BCUT2D eigenvalue weighted by molar-refractivity contribution is 7.60. The Hall–Kier alpha value is -1.30. The maximum absolute atomic E-state index is 11.7. The first-order valence-corrected chi connectivity index (χ1v) is 11.2. The molecule has 1 aromatic rings. The van der Waals surface area contributed by atoms with Gasteiger partial charge in [-0.2, -0.15) is 9.29 Å². The molecule has 180 valence electrons. The molecule has 31 heavy (non-hydrogen) atoms. The first-order valence-electron chi connectivity index (χ1n) is 8.21. The minimum Gasteiger partial charge on any atom is -0.394 e. The van der Waals surface area contributed by atoms with Crippen molar-refractivity contribution in [3.63, 3.8) is 0 Å². The highest BCUT2D eigenvalue weighted by Gasteiger charge is 2.45. The van der Waals surface area contributed by atoms with Crippen molar-refractivity contribution in [3.8, 4) is 0 Å². The van der Waals surface area contributed by atoms with E-state index in [2.05, 4.69) is 13.8 Å². The molecule has 0 bridgehead atoms. The fourth-order valence-electron chi connectivity index (χ4n) is 2.10. The van der Waals surface area contributed by atoms with Crippen LogP contribution >= 0.6 is 15.6 Å². The largest absolute Gasteiger partial charge is 0.481 e. The zero-order valence-corrected chi connectivity index (χ0v) is 17.3. The Kier molecular flexibility index (Phi) is 10.3. The number of aliphatic hydroxyl groups is 5. The molecule has 0 spiro atoms. The van der Waals surface area contributed by atoms with E-state index in [1.165, 1.54) is 6.07 Å². The molecule has 1 fully saturated rings. The molecule has 0 radical (unpaired) electrons. The molecule has 2 rings (SSSR count). The van der Waals surface area contributed by atoms with Gasteiger partial charge in [-0.15, -0.1) is 0 Å². The van der Waals surface area contributed by atoms with Gasteiger partial charge in [0.2, 0.25) is 0 Å². The van der Waals surface area contributed by atoms with Crippen molar-refractivity contribution < 1.29 is 62.9 Å². The van der Waals surface area contributed by atoms with E-state index >= 15 is 0 Å². The Balaban J connectivity index is 0.000000703. The van der Waals surface area contributed by atoms with Crippen molar-refractivity contribution in [3.05, 3.63) is 22.7 Å². The lowest BCUT2D eigenvalue weighted by Gasteiger charge is -2.17. The van der Waals surface area contributed by atoms with Gasteiger partial charge in [-0.05, 0) is 6.07 Å². The van der Waals surface area contributed by atoms with Gasteiger partial charge >= 0.3 is 21.3 Å². The van der Waals surface area contributed by atoms with Crippen LogP contribution in [0.15, 0.2) is 17.1 Å². The van der Waals surface area contributed by atoms with E-state index in [0.717, 1.165) is 10.8 Å². The average molecular weight is 495 g/mol. The van der Waals surface area contributed by atoms with Gasteiger partial charge in [-0.25, -0.2) is 13.9 Å². The van der Waals surface area contributed by atoms with E-state index in [9.17, 15) is 24.1 Å². The molecule has 10 N–H and O–H groups in total. The summed E-state index contributed by atoms with van der Waals surface area (Å²) in [4.78, 5) is 41.3. The standard InChI is InChI=1S/C9H15N3O11P2.C3H8O3/c10-5-1-2-12(9(15)11-5)8-7(14)6(13)4(22-8)3-21-25(19,20)23-24(16,17)18;4-1-3(6)2-5/h1-2,4,6-8,13-14H,3H2,(H,19,20)(H2,10,11,15)(H2,16,17,18);3-6H,1-2H2/t4-,6-,7-,8-;/m1./s1. The number of phosphoric acid groups is 2. The molecule has 17 nitrogen and oxygen atoms in total. The molecular formula is C12H23N3O14P2. The van der Waals surface area contributed by atoms with Gasteiger partial charge in [-0.3, -0.25) is 9.09 Å². The Morgan fingerprint density at radius 3 is 2.23 bits per heavy atom. The third-order valence-corrected chi connectivity index (χ3v) is 5.65. The average Bonchev–Trinajstić information content (AvgIpc) is 2.93. The highest BCUT2D eigenvalue weighted by Crippen LogP contribution is 2.57. The minimum absolute atomic E-state index is 0.0787. The summed E-state index contributed by atoms with van der Waals surface area (Å²) in [6.45, 7) is -1.60. The van der Waals surface area contributed by atoms with Crippen LogP contribution in [0, 0.1) is 0 Å². The normalized spacial score (nSPS) is 25.7. The summed E-state index contributed by atoms with van der Waals surface area (Å²) in [5.41, 5.74) is 4.45. The summed E-state index contributed by atoms with van der Waals surface area (Å²) in [7, 11) is -10.5. The molecule has 19 heteroatoms. The van der Waals surface area contributed by atoms with Crippen molar-refractivity contribution in [1.29, 1.82) is 0 Å². The molecule has 0 aromatic carbocycles. The fraction of sp³-hybridized carbons (Fsp3) is 0.667. The first-order chi connectivity index (χ1) is 14.2. The van der Waals surface area contributed by atoms with Gasteiger partial charge in [0.1, 0.15) is 30.2 Å². The predicted octanol–water partition coefficient (Wildman–Crippen LogP) is -4.00. The molecular weight excluding hydrogens is 472 g/mol. The number of rotatable bonds is 8. The summed E-state index contributed by atoms with van der Waals surface area (Å²) in [5, 5.41) is 43.9. The second kappa shape index (κ2) is 11.5. The Morgan fingerprint density at radius 1 is 1.19 bits per heavy atom. The fourth-order valence-corrected chi connectivity index (χ4v) is 3.70. The molecule has 1 aliphatic rings. The van der Waals surface area contributed by atoms with Crippen LogP contribution in [0.1, 0.15) is 6.23 Å². The predicted molar refractivity (Wildman–Crippen MR) is 97.9 cm³/mol. The first kappa shape index (κ1) is 27.7. The van der Waals surface area contributed by atoms with Crippen LogP contribution in [0.2, 0.25) is 0 Å². The van der Waals surface area contributed by atoms with Crippen LogP contribution in [0.4, 0.5) is 5.82 Å². The highest BCUT2D eigenvalue weighted by atomic mass is 31.3. The quantitative estimate of drug-likeness (QED) is 0.155. The van der Waals surface area contributed by atoms with Crippen molar-refractivity contribution in [1.82, 2.24) is 9.55 Å². The number of anilines is 1. The monoisotopic (exact) mass is 495 g/mol. The maximum Gasteiger partial charge on any atom is 0.481 e. The summed E-state index contributed by atoms with van der Waals surface area (Å²) in [6, 6.07) is 1.24. The van der Waals surface area contributed by atoms with Gasteiger partial charge < -0.3 is 50.7 Å². The lowest BCUT2D eigenvalue weighted by atomic mass is 10.1. The Bertz CT molecular complexity index is 857. The molecule has 5 atom stereocenters. The number of nitrogens with two attached hydrogens (primary N) is 1. The topological polar surface area (TPSA) is 285 Å². The minimum atomic E-state index is -5.30. The van der Waals surface area contributed by atoms with Crippen LogP contribution in [-0.4, -0.2) is 94.0 Å². The number of nitrogen functional groups attached to an aromatic ring is 1. The summed E-state index contributed by atoms with van der Waals surface area (Å²) in [6.07, 6.45) is -5.88. The van der Waals surface area contributed by atoms with Crippen molar-refractivity contribution in [2.24, 2.45) is 0 Å². The maximum atomic E-state index is 11.7. The van der Waals surface area contributed by atoms with Crippen molar-refractivity contribution in [2.75, 3.05) is 25.6 Å². The van der Waals surface area contributed by atoms with Crippen LogP contribution in [0.3, 0.4) is 0 Å². The molecule has 1 aliphatic heterocycles. The second-order valence-corrected chi connectivity index (χ2v) is 8.77. The summed E-state index contributed by atoms with van der Waals surface area (Å²) >= 11 is 0. The zero-order chi connectivity index (χ0) is 24.0. The molecule has 0 amide bonds. The third kappa shape index (κ3) is 8.99. The lowest BCUT2D eigenvalue weighted by molar-refractivity contribution is -0.0541. The molecule has 1 unspecified atom stereocenters. The Morgan fingerprint density at radius 2 is 1.77 bits per heavy atom. The number of hydrogen-bond acceptors (Lipinski definition) is 13. The van der Waals surface area contributed by atoms with Crippen LogP contribution in [-0.2, 0) is 22.7 Å². The molecule has 2 heterocycles. The molecule has 0 saturated carbocycles. The lowest BCUT2D eigenvalue weighted by Crippen LogP contribution is -2.36. The smallest absolute Gasteiger partial charge is 0.394 e. The van der Waals surface area contributed by atoms with E-state index in [4.69, 9.17) is 40.5 Å². The summed E-state index contributed by atoms with van der Waals surface area (Å²) in [5.74, 6) is -0.0787. The number of aliphatic hydroxyl groups excluding tert-OH is 5. The number of hydrogen-bond donors (Lipinski definition) is 9. The van der Waals surface area contributed by atoms with Gasteiger partial charge in [0.05, 0.1) is 19.8 Å². The SMILES string of the molecule is Nc1ccn([C@@H]2O[C@H](COP(=O)(O)OP(=O)(O)O)[C@@H](O)[C@H]2O)c(=O)n1.OCC(O)CO. The number of aromatic nitrogens is 2. The molecule has 0 aliphatic carbocycles. The Labute approximate surface area is 173 Å². The van der Waals surface area contributed by atoms with Crippen LogP contribution < -0.4 is 11.4 Å². The second-order valence-electron chi connectivity index (χ2n) is 5.94. The number of phosphoric ester groups is 1. The van der Waals surface area contributed by atoms with Crippen molar-refractivity contribution in [2.45, 2.75) is 30.6 Å². The van der Waals surface area contributed by atoms with Crippen molar-refractivity contribution >= 4 is 21.5 Å². The van der Waals surface area contributed by atoms with E-state index in [-0.39, 0.29) is 19.0 Å². The van der Waals surface area contributed by atoms with E-state index in [0.29, 0.717) is 0 Å². The number of nitrogens with zero attached hydrogens (tertiary/aromatic N) is 2. The van der Waals surface area contributed by atoms with E-state index < -0.39 is 58.6 Å². The molecule has 1 aromatic heterocycles. The third-order valence-electron chi connectivity index (χ3n) is 3.50. The van der Waals surface area contributed by atoms with Gasteiger partial charge in [-0.1, -0.05) is 0 Å². The number of ether oxygens (including phenoxy) is 1. The zero-order valence-electron chi connectivity index (χ0n) is 15.6. The van der Waals surface area contributed by atoms with Crippen LogP contribution in [0.25, 0.3) is 0 Å². The van der Waals surface area contributed by atoms with Gasteiger partial charge in [0, 0.05) is 6.20 Å². The van der Waals surface area contributed by atoms with E-state index in [1.54, 1.807) is 0 Å². The summed E-state index contributed by atoms with van der Waals surface area (Å²) < 4.78 is 35.8. The van der Waals surface area contributed by atoms with Gasteiger partial charge in [0.15, 0.2) is 6.23 Å². The molecule has 1 saturated heterocycles. The van der Waals surface area contributed by atoms with Gasteiger partial charge in [0.25, 0.3) is 0 Å².